The average Bonchev–Trinajstić information content (AvgIpc) is 3.06. The number of amides is 2. The average molecular weight is 272 g/mol. The maximum Gasteiger partial charge on any atom is 0.315 e. The van der Waals surface area contributed by atoms with Gasteiger partial charge in [0.1, 0.15) is 5.76 Å². The molecular formula is C15H16N2O3. The summed E-state index contributed by atoms with van der Waals surface area (Å²) in [5.74, 6) is 0.688. The summed E-state index contributed by atoms with van der Waals surface area (Å²) in [6.45, 7) is 0.323. The maximum atomic E-state index is 11.9. The summed E-state index contributed by atoms with van der Waals surface area (Å²) in [6, 6.07) is 10.6. The van der Waals surface area contributed by atoms with Crippen molar-refractivity contribution >= 4 is 6.03 Å². The molecule has 2 unspecified atom stereocenters. The van der Waals surface area contributed by atoms with Gasteiger partial charge in [0, 0.05) is 6.42 Å². The highest BCUT2D eigenvalue weighted by Crippen LogP contribution is 2.30. The van der Waals surface area contributed by atoms with Crippen molar-refractivity contribution in [1.82, 2.24) is 10.6 Å². The van der Waals surface area contributed by atoms with E-state index in [2.05, 4.69) is 10.6 Å². The number of carbonyl (C=O) groups is 1. The number of furan rings is 1. The van der Waals surface area contributed by atoms with E-state index in [-0.39, 0.29) is 12.1 Å². The van der Waals surface area contributed by atoms with Crippen molar-refractivity contribution < 1.29 is 14.3 Å². The molecule has 1 aromatic carbocycles. The Morgan fingerprint density at radius 2 is 2.15 bits per heavy atom. The number of aliphatic hydroxyl groups is 1. The van der Waals surface area contributed by atoms with E-state index in [4.69, 9.17) is 4.42 Å². The smallest absolute Gasteiger partial charge is 0.315 e. The predicted octanol–water partition coefficient (Wildman–Crippen LogP) is 1.74. The number of nitrogens with one attached hydrogen (secondary N) is 2. The highest BCUT2D eigenvalue weighted by molar-refractivity contribution is 5.74. The molecule has 0 radical (unpaired) electrons. The number of rotatable bonds is 3. The van der Waals surface area contributed by atoms with E-state index in [0.29, 0.717) is 18.7 Å². The van der Waals surface area contributed by atoms with Gasteiger partial charge in [0.2, 0.25) is 0 Å². The Bertz CT molecular complexity index is 595. The van der Waals surface area contributed by atoms with Gasteiger partial charge in [-0.25, -0.2) is 4.79 Å². The molecule has 1 aliphatic rings. The number of urea groups is 1. The number of carbonyl (C=O) groups excluding carboxylic acids is 1. The first-order valence-electron chi connectivity index (χ1n) is 6.56. The summed E-state index contributed by atoms with van der Waals surface area (Å²) in [5.41, 5.74) is 2.06. The zero-order valence-electron chi connectivity index (χ0n) is 10.9. The molecule has 2 atom stereocenters. The van der Waals surface area contributed by atoms with E-state index in [1.165, 1.54) is 0 Å². The highest BCUT2D eigenvalue weighted by atomic mass is 16.3. The van der Waals surface area contributed by atoms with Crippen LogP contribution in [0.4, 0.5) is 4.79 Å². The molecule has 0 aliphatic heterocycles. The number of aliphatic hydroxyl groups excluding tert-OH is 1. The van der Waals surface area contributed by atoms with Gasteiger partial charge in [-0.1, -0.05) is 24.3 Å². The van der Waals surface area contributed by atoms with Gasteiger partial charge in [0.05, 0.1) is 25.0 Å². The number of hydrogen-bond donors (Lipinski definition) is 3. The highest BCUT2D eigenvalue weighted by Gasteiger charge is 2.31. The summed E-state index contributed by atoms with van der Waals surface area (Å²) < 4.78 is 5.14. The van der Waals surface area contributed by atoms with Crippen LogP contribution in [0.2, 0.25) is 0 Å². The Labute approximate surface area is 116 Å². The van der Waals surface area contributed by atoms with Crippen LogP contribution in [0.3, 0.4) is 0 Å². The van der Waals surface area contributed by atoms with Gasteiger partial charge in [0.25, 0.3) is 0 Å². The number of fused-ring (bicyclic) bond motifs is 1. The summed E-state index contributed by atoms with van der Waals surface area (Å²) in [4.78, 5) is 11.9. The van der Waals surface area contributed by atoms with E-state index < -0.39 is 6.10 Å². The molecule has 20 heavy (non-hydrogen) atoms. The van der Waals surface area contributed by atoms with Crippen molar-refractivity contribution in [3.63, 3.8) is 0 Å². The molecule has 2 aromatic rings. The van der Waals surface area contributed by atoms with Gasteiger partial charge in [0.15, 0.2) is 0 Å². The van der Waals surface area contributed by atoms with Crippen molar-refractivity contribution in [2.45, 2.75) is 25.1 Å². The Balaban J connectivity index is 1.61. The topological polar surface area (TPSA) is 74.5 Å². The van der Waals surface area contributed by atoms with Crippen LogP contribution in [0, 0.1) is 0 Å². The lowest BCUT2D eigenvalue weighted by atomic mass is 10.1. The predicted molar refractivity (Wildman–Crippen MR) is 73.0 cm³/mol. The monoisotopic (exact) mass is 272 g/mol. The van der Waals surface area contributed by atoms with Crippen molar-refractivity contribution in [3.8, 4) is 0 Å². The third kappa shape index (κ3) is 2.53. The fourth-order valence-electron chi connectivity index (χ4n) is 2.52. The molecular weight excluding hydrogens is 256 g/mol. The first-order valence-corrected chi connectivity index (χ1v) is 6.56. The zero-order chi connectivity index (χ0) is 13.9. The SMILES string of the molecule is O=C(NCc1ccco1)NC1c2ccccc2CC1O. The quantitative estimate of drug-likeness (QED) is 0.796. The second kappa shape index (κ2) is 5.38. The fourth-order valence-corrected chi connectivity index (χ4v) is 2.52. The molecule has 3 rings (SSSR count). The van der Waals surface area contributed by atoms with E-state index in [1.54, 1.807) is 18.4 Å². The van der Waals surface area contributed by atoms with E-state index >= 15 is 0 Å². The van der Waals surface area contributed by atoms with Crippen LogP contribution in [0.25, 0.3) is 0 Å². The molecule has 1 heterocycles. The Morgan fingerprint density at radius 1 is 1.30 bits per heavy atom. The van der Waals surface area contributed by atoms with Crippen LogP contribution in [-0.4, -0.2) is 17.2 Å². The molecule has 0 saturated carbocycles. The summed E-state index contributed by atoms with van der Waals surface area (Å²) in [5, 5.41) is 15.6. The molecule has 5 nitrogen and oxygen atoms in total. The largest absolute Gasteiger partial charge is 0.467 e. The Hall–Kier alpha value is -2.27. The van der Waals surface area contributed by atoms with Crippen LogP contribution in [0.5, 0.6) is 0 Å². The second-order valence-corrected chi connectivity index (χ2v) is 4.85. The lowest BCUT2D eigenvalue weighted by Crippen LogP contribution is -2.40. The molecule has 0 saturated heterocycles. The van der Waals surface area contributed by atoms with Crippen molar-refractivity contribution in [2.24, 2.45) is 0 Å². The first kappa shape index (κ1) is 12.7. The lowest BCUT2D eigenvalue weighted by Gasteiger charge is -2.18. The summed E-state index contributed by atoms with van der Waals surface area (Å²) in [6.07, 6.45) is 1.55. The minimum atomic E-state index is -0.582. The molecule has 2 amide bonds. The molecule has 104 valence electrons. The van der Waals surface area contributed by atoms with Crippen molar-refractivity contribution in [2.75, 3.05) is 0 Å². The molecule has 0 fully saturated rings. The summed E-state index contributed by atoms with van der Waals surface area (Å²) in [7, 11) is 0. The van der Waals surface area contributed by atoms with Gasteiger partial charge >= 0.3 is 6.03 Å². The van der Waals surface area contributed by atoms with Gasteiger partial charge in [-0.3, -0.25) is 0 Å². The molecule has 1 aromatic heterocycles. The minimum absolute atomic E-state index is 0.317. The van der Waals surface area contributed by atoms with Crippen molar-refractivity contribution in [1.29, 1.82) is 0 Å². The standard InChI is InChI=1S/C15H16N2O3/c18-13-8-10-4-1-2-6-12(10)14(13)17-15(19)16-9-11-5-3-7-20-11/h1-7,13-14,18H,8-9H2,(H2,16,17,19). The van der Waals surface area contributed by atoms with Crippen LogP contribution in [0.1, 0.15) is 22.9 Å². The van der Waals surface area contributed by atoms with E-state index in [0.717, 1.165) is 11.1 Å². The third-order valence-corrected chi connectivity index (χ3v) is 3.49. The van der Waals surface area contributed by atoms with Crippen LogP contribution in [0.15, 0.2) is 47.1 Å². The number of hydrogen-bond acceptors (Lipinski definition) is 3. The molecule has 1 aliphatic carbocycles. The van der Waals surface area contributed by atoms with E-state index in [1.807, 2.05) is 24.3 Å². The summed E-state index contributed by atoms with van der Waals surface area (Å²) >= 11 is 0. The van der Waals surface area contributed by atoms with E-state index in [9.17, 15) is 9.90 Å². The van der Waals surface area contributed by atoms with Crippen molar-refractivity contribution in [3.05, 3.63) is 59.5 Å². The van der Waals surface area contributed by atoms with Crippen LogP contribution in [-0.2, 0) is 13.0 Å². The van der Waals surface area contributed by atoms with Gasteiger partial charge in [-0.05, 0) is 23.3 Å². The normalized spacial score (nSPS) is 20.4. The fraction of sp³-hybridized carbons (Fsp3) is 0.267. The van der Waals surface area contributed by atoms with Gasteiger partial charge in [-0.2, -0.15) is 0 Å². The molecule has 0 spiro atoms. The number of benzene rings is 1. The maximum absolute atomic E-state index is 11.9. The molecule has 5 heteroatoms. The first-order chi connectivity index (χ1) is 9.74. The zero-order valence-corrected chi connectivity index (χ0v) is 10.9. The van der Waals surface area contributed by atoms with Crippen LogP contribution >= 0.6 is 0 Å². The van der Waals surface area contributed by atoms with Gasteiger partial charge in [-0.15, -0.1) is 0 Å². The lowest BCUT2D eigenvalue weighted by molar-refractivity contribution is 0.142. The Kier molecular flexibility index (Phi) is 3.43. The Morgan fingerprint density at radius 3 is 2.95 bits per heavy atom. The van der Waals surface area contributed by atoms with Gasteiger partial charge < -0.3 is 20.2 Å². The molecule has 0 bridgehead atoms. The minimum Gasteiger partial charge on any atom is -0.467 e. The second-order valence-electron chi connectivity index (χ2n) is 4.85. The third-order valence-electron chi connectivity index (χ3n) is 3.49. The molecule has 3 N–H and O–H groups in total. The van der Waals surface area contributed by atoms with Crippen LogP contribution < -0.4 is 10.6 Å².